The summed E-state index contributed by atoms with van der Waals surface area (Å²) in [6.07, 6.45) is -3.16. The molecule has 168 valence electrons. The van der Waals surface area contributed by atoms with Crippen molar-refractivity contribution >= 4 is 29.4 Å². The lowest BCUT2D eigenvalue weighted by atomic mass is 10.1. The zero-order chi connectivity index (χ0) is 22.9. The second kappa shape index (κ2) is 8.91. The van der Waals surface area contributed by atoms with Gasteiger partial charge >= 0.3 is 6.18 Å². The smallest absolute Gasteiger partial charge is 0.381 e. The van der Waals surface area contributed by atoms with Gasteiger partial charge in [-0.3, -0.25) is 14.0 Å². The van der Waals surface area contributed by atoms with Crippen LogP contribution in [0.1, 0.15) is 50.6 Å². The van der Waals surface area contributed by atoms with E-state index in [0.717, 1.165) is 4.40 Å². The molecule has 0 radical (unpaired) electrons. The predicted molar refractivity (Wildman–Crippen MR) is 111 cm³/mol. The minimum Gasteiger partial charge on any atom is -0.381 e. The summed E-state index contributed by atoms with van der Waals surface area (Å²) in [6, 6.07) is 8.82. The van der Waals surface area contributed by atoms with Crippen molar-refractivity contribution in [2.45, 2.75) is 31.5 Å². The molecule has 3 aromatic rings. The normalized spacial score (nSPS) is 15.1. The molecule has 1 aliphatic rings. The van der Waals surface area contributed by atoms with E-state index in [1.807, 2.05) is 0 Å². The molecule has 0 atom stereocenters. The van der Waals surface area contributed by atoms with Crippen LogP contribution in [0, 0.1) is 0 Å². The quantitative estimate of drug-likeness (QED) is 0.570. The van der Waals surface area contributed by atoms with Gasteiger partial charge in [0.15, 0.2) is 12.0 Å². The second-order valence-corrected chi connectivity index (χ2v) is 7.98. The van der Waals surface area contributed by atoms with Crippen molar-refractivity contribution in [2.75, 3.05) is 13.2 Å². The molecule has 0 aliphatic carbocycles. The van der Waals surface area contributed by atoms with Crippen molar-refractivity contribution < 1.29 is 27.5 Å². The monoisotopic (exact) mass is 465 g/mol. The molecule has 2 aromatic heterocycles. The SMILES string of the molecule is O=Cc1cc(C(=O)NC2CCOCC2)cc2nc(C(F)(F)F)c(Cc3ccc(Cl)cc3)n12. The molecule has 1 aliphatic heterocycles. The summed E-state index contributed by atoms with van der Waals surface area (Å²) in [5.41, 5.74) is -0.858. The van der Waals surface area contributed by atoms with Crippen molar-refractivity contribution in [3.8, 4) is 0 Å². The molecule has 0 spiro atoms. The molecular formula is C22H19ClF3N3O3. The minimum atomic E-state index is -4.74. The van der Waals surface area contributed by atoms with Gasteiger partial charge < -0.3 is 10.1 Å². The van der Waals surface area contributed by atoms with Crippen LogP contribution in [0.25, 0.3) is 5.65 Å². The van der Waals surface area contributed by atoms with E-state index in [4.69, 9.17) is 16.3 Å². The Hall–Kier alpha value is -2.91. The first kappa shape index (κ1) is 22.3. The van der Waals surface area contributed by atoms with Crippen LogP contribution in [0.3, 0.4) is 0 Å². The van der Waals surface area contributed by atoms with Gasteiger partial charge in [-0.25, -0.2) is 4.98 Å². The molecule has 0 bridgehead atoms. The van der Waals surface area contributed by atoms with Gasteiger partial charge in [0.05, 0.1) is 11.4 Å². The summed E-state index contributed by atoms with van der Waals surface area (Å²) in [5, 5.41) is 3.30. The van der Waals surface area contributed by atoms with Crippen molar-refractivity contribution in [2.24, 2.45) is 0 Å². The number of amides is 1. The van der Waals surface area contributed by atoms with Gasteiger partial charge in [-0.15, -0.1) is 0 Å². The molecule has 0 saturated carbocycles. The van der Waals surface area contributed by atoms with E-state index in [0.29, 0.717) is 42.9 Å². The maximum Gasteiger partial charge on any atom is 0.435 e. The number of alkyl halides is 3. The van der Waals surface area contributed by atoms with Crippen molar-refractivity contribution in [1.82, 2.24) is 14.7 Å². The molecule has 1 fully saturated rings. The first-order valence-corrected chi connectivity index (χ1v) is 10.3. The molecule has 1 saturated heterocycles. The molecule has 1 amide bonds. The lowest BCUT2D eigenvalue weighted by Crippen LogP contribution is -2.39. The van der Waals surface area contributed by atoms with Gasteiger partial charge in [-0.05, 0) is 42.7 Å². The maximum atomic E-state index is 13.8. The Morgan fingerprint density at radius 2 is 1.91 bits per heavy atom. The van der Waals surface area contributed by atoms with Crippen molar-refractivity contribution in [1.29, 1.82) is 0 Å². The van der Waals surface area contributed by atoms with Crippen LogP contribution in [0.5, 0.6) is 0 Å². The number of fused-ring (bicyclic) bond motifs is 1. The average molecular weight is 466 g/mol. The maximum absolute atomic E-state index is 13.8. The lowest BCUT2D eigenvalue weighted by molar-refractivity contribution is -0.141. The Balaban J connectivity index is 1.77. The summed E-state index contributed by atoms with van der Waals surface area (Å²) < 4.78 is 47.8. The Morgan fingerprint density at radius 1 is 1.22 bits per heavy atom. The molecule has 3 heterocycles. The Bertz CT molecular complexity index is 1150. The number of aromatic nitrogens is 2. The molecule has 4 rings (SSSR count). The van der Waals surface area contributed by atoms with Gasteiger partial charge in [0.25, 0.3) is 5.91 Å². The van der Waals surface area contributed by atoms with Gasteiger partial charge in [0.1, 0.15) is 5.65 Å². The van der Waals surface area contributed by atoms with E-state index in [-0.39, 0.29) is 35.1 Å². The van der Waals surface area contributed by atoms with Crippen molar-refractivity contribution in [3.05, 3.63) is 69.6 Å². The Kier molecular flexibility index (Phi) is 6.21. The summed E-state index contributed by atoms with van der Waals surface area (Å²) in [4.78, 5) is 28.2. The topological polar surface area (TPSA) is 72.7 Å². The molecule has 32 heavy (non-hydrogen) atoms. The van der Waals surface area contributed by atoms with E-state index in [1.54, 1.807) is 24.3 Å². The average Bonchev–Trinajstić information content (AvgIpc) is 3.14. The summed E-state index contributed by atoms with van der Waals surface area (Å²) in [6.45, 7) is 1.04. The van der Waals surface area contributed by atoms with Crippen LogP contribution in [0.15, 0.2) is 36.4 Å². The van der Waals surface area contributed by atoms with E-state index in [1.165, 1.54) is 12.1 Å². The summed E-state index contributed by atoms with van der Waals surface area (Å²) >= 11 is 5.87. The van der Waals surface area contributed by atoms with Crippen LogP contribution < -0.4 is 5.32 Å². The number of halogens is 4. The van der Waals surface area contributed by atoms with Crippen LogP contribution >= 0.6 is 11.6 Å². The standard InChI is InChI=1S/C22H19ClF3N3O3/c23-15-3-1-13(2-4-15)9-18-20(22(24,25)26)28-19-11-14(10-17(12-30)29(18)19)21(31)27-16-5-7-32-8-6-16/h1-4,10-12,16H,5-9H2,(H,27,31). The molecule has 6 nitrogen and oxygen atoms in total. The van der Waals surface area contributed by atoms with Gasteiger partial charge in [-0.2, -0.15) is 13.2 Å². The number of imidazole rings is 1. The second-order valence-electron chi connectivity index (χ2n) is 7.55. The number of nitrogens with zero attached hydrogens (tertiary/aromatic N) is 2. The number of ether oxygens (including phenoxy) is 1. The predicted octanol–water partition coefficient (Wildman–Crippen LogP) is 4.32. The number of pyridine rings is 1. The third kappa shape index (κ3) is 4.63. The highest BCUT2D eigenvalue weighted by atomic mass is 35.5. The van der Waals surface area contributed by atoms with Crippen LogP contribution in [-0.2, 0) is 17.3 Å². The van der Waals surface area contributed by atoms with Crippen LogP contribution in [0.4, 0.5) is 13.2 Å². The van der Waals surface area contributed by atoms with Crippen molar-refractivity contribution in [3.63, 3.8) is 0 Å². The highest BCUT2D eigenvalue weighted by Gasteiger charge is 2.38. The number of rotatable bonds is 5. The van der Waals surface area contributed by atoms with E-state index < -0.39 is 17.8 Å². The van der Waals surface area contributed by atoms with Gasteiger partial charge in [0.2, 0.25) is 0 Å². The number of nitrogens with one attached hydrogen (secondary N) is 1. The van der Waals surface area contributed by atoms with Crippen LogP contribution in [-0.4, -0.2) is 40.8 Å². The van der Waals surface area contributed by atoms with E-state index in [9.17, 15) is 22.8 Å². The number of hydrogen-bond acceptors (Lipinski definition) is 4. The van der Waals surface area contributed by atoms with E-state index in [2.05, 4.69) is 10.3 Å². The van der Waals surface area contributed by atoms with E-state index >= 15 is 0 Å². The van der Waals surface area contributed by atoms with Gasteiger partial charge in [0, 0.05) is 36.3 Å². The fourth-order valence-corrected chi connectivity index (χ4v) is 3.90. The molecule has 1 aromatic carbocycles. The minimum absolute atomic E-state index is 0.0721. The molecule has 10 heteroatoms. The number of aldehydes is 1. The lowest BCUT2D eigenvalue weighted by Gasteiger charge is -2.23. The highest BCUT2D eigenvalue weighted by molar-refractivity contribution is 6.30. The largest absolute Gasteiger partial charge is 0.435 e. The summed E-state index contributed by atoms with van der Waals surface area (Å²) in [5.74, 6) is -0.474. The summed E-state index contributed by atoms with van der Waals surface area (Å²) in [7, 11) is 0. The molecule has 1 N–H and O–H groups in total. The third-order valence-electron chi connectivity index (χ3n) is 5.34. The zero-order valence-electron chi connectivity index (χ0n) is 16.8. The zero-order valence-corrected chi connectivity index (χ0v) is 17.5. The number of benzene rings is 1. The Morgan fingerprint density at radius 3 is 2.53 bits per heavy atom. The number of carbonyl (C=O) groups excluding carboxylic acids is 2. The fourth-order valence-electron chi connectivity index (χ4n) is 3.78. The van der Waals surface area contributed by atoms with Gasteiger partial charge in [-0.1, -0.05) is 23.7 Å². The number of hydrogen-bond donors (Lipinski definition) is 1. The fraction of sp³-hybridized carbons (Fsp3) is 0.318. The molecular weight excluding hydrogens is 447 g/mol. The first-order valence-electron chi connectivity index (χ1n) is 9.97. The number of carbonyl (C=O) groups is 2. The van der Waals surface area contributed by atoms with Crippen LogP contribution in [0.2, 0.25) is 5.02 Å². The Labute approximate surface area is 186 Å². The molecule has 0 unspecified atom stereocenters. The first-order chi connectivity index (χ1) is 15.3. The third-order valence-corrected chi connectivity index (χ3v) is 5.59. The highest BCUT2D eigenvalue weighted by Crippen LogP contribution is 2.34.